The lowest BCUT2D eigenvalue weighted by atomic mass is 10.1. The number of carbonyl (C=O) groups excluding carboxylic acids is 2. The fraction of sp³-hybridized carbons (Fsp3) is 0.412. The Balaban J connectivity index is 1.67. The minimum Gasteiger partial charge on any atom is -0.466 e. The Morgan fingerprint density at radius 3 is 3.00 bits per heavy atom. The predicted molar refractivity (Wildman–Crippen MR) is 90.2 cm³/mol. The van der Waals surface area contributed by atoms with Crippen LogP contribution in [0.2, 0.25) is 0 Å². The van der Waals surface area contributed by atoms with E-state index in [2.05, 4.69) is 9.57 Å². The number of nitrogens with zero attached hydrogens (tertiary/aromatic N) is 5. The number of furan rings is 1. The summed E-state index contributed by atoms with van der Waals surface area (Å²) in [4.78, 5) is 34.8. The van der Waals surface area contributed by atoms with Crippen molar-refractivity contribution in [1.29, 1.82) is 0 Å². The number of likely N-dealkylation sites (N-methyl/N-ethyl adjacent to an activating group) is 1. The van der Waals surface area contributed by atoms with Crippen LogP contribution in [0, 0.1) is 0 Å². The number of hydrogen-bond acceptors (Lipinski definition) is 5. The van der Waals surface area contributed by atoms with E-state index < -0.39 is 6.04 Å². The Hall–Kier alpha value is -2.90. The molecule has 0 aliphatic carbocycles. The predicted octanol–water partition coefficient (Wildman–Crippen LogP) is 0.714. The van der Waals surface area contributed by atoms with Crippen molar-refractivity contribution in [2.75, 3.05) is 26.7 Å². The van der Waals surface area contributed by atoms with E-state index in [1.54, 1.807) is 19.4 Å². The highest BCUT2D eigenvalue weighted by molar-refractivity contribution is 6.25. The number of amides is 3. The molecule has 0 N–H and O–H groups in total. The molecule has 1 saturated heterocycles. The van der Waals surface area contributed by atoms with Gasteiger partial charge < -0.3 is 4.42 Å². The van der Waals surface area contributed by atoms with Crippen LogP contribution in [0.1, 0.15) is 12.7 Å². The second-order valence-corrected chi connectivity index (χ2v) is 6.23. The van der Waals surface area contributed by atoms with Crippen molar-refractivity contribution < 1.29 is 18.6 Å². The van der Waals surface area contributed by atoms with Crippen LogP contribution in [0.15, 0.2) is 40.0 Å². The van der Waals surface area contributed by atoms with Crippen LogP contribution in [0.3, 0.4) is 0 Å². The molecule has 0 radical (unpaired) electrons. The first-order valence-electron chi connectivity index (χ1n) is 8.31. The van der Waals surface area contributed by atoms with Gasteiger partial charge in [-0.2, -0.15) is 0 Å². The molecule has 0 aromatic carbocycles. The number of hydrogen-bond donors (Lipinski definition) is 0. The molecule has 3 amide bonds. The Bertz CT molecular complexity index is 808. The Kier molecular flexibility index (Phi) is 3.67. The maximum atomic E-state index is 12.9. The third-order valence-electron chi connectivity index (χ3n) is 4.73. The van der Waals surface area contributed by atoms with Crippen LogP contribution in [-0.2, 0) is 11.3 Å². The van der Waals surface area contributed by atoms with Crippen molar-refractivity contribution in [3.63, 3.8) is 0 Å². The van der Waals surface area contributed by atoms with Crippen molar-refractivity contribution in [2.24, 2.45) is 4.99 Å². The van der Waals surface area contributed by atoms with Gasteiger partial charge in [0, 0.05) is 13.6 Å². The molecule has 0 spiro atoms. The van der Waals surface area contributed by atoms with Gasteiger partial charge >= 0.3 is 12.0 Å². The molecule has 3 aliphatic heterocycles. The maximum absolute atomic E-state index is 12.9. The standard InChI is InChI=1S/C17H20N5O3/c1-3-4-7-22-15(23)13-14(19(2)17(22)24)18-16-20(8-9-21(13)16)11-12-6-5-10-25-12/h3-6,10,13H,7-9,11H2,1-2H3/q+1/b4-3+. The van der Waals surface area contributed by atoms with E-state index in [-0.39, 0.29) is 18.5 Å². The summed E-state index contributed by atoms with van der Waals surface area (Å²) in [6.45, 7) is 4.20. The third-order valence-corrected chi connectivity index (χ3v) is 4.73. The summed E-state index contributed by atoms with van der Waals surface area (Å²) in [5.41, 5.74) is 0. The van der Waals surface area contributed by atoms with Gasteiger partial charge in [0.1, 0.15) is 12.3 Å². The molecule has 4 heterocycles. The van der Waals surface area contributed by atoms with Crippen LogP contribution in [0.4, 0.5) is 4.79 Å². The molecule has 25 heavy (non-hydrogen) atoms. The summed E-state index contributed by atoms with van der Waals surface area (Å²) in [7, 11) is 1.67. The lowest BCUT2D eigenvalue weighted by Gasteiger charge is -2.33. The molecule has 0 bridgehead atoms. The first kappa shape index (κ1) is 15.6. The van der Waals surface area contributed by atoms with E-state index in [4.69, 9.17) is 4.42 Å². The molecular formula is C17H20N5O3+. The molecule has 1 aromatic rings. The van der Waals surface area contributed by atoms with Crippen LogP contribution in [0.25, 0.3) is 0 Å². The van der Waals surface area contributed by atoms with Crippen molar-refractivity contribution in [2.45, 2.75) is 19.5 Å². The molecule has 130 valence electrons. The molecule has 0 saturated carbocycles. The van der Waals surface area contributed by atoms with Gasteiger partial charge in [-0.1, -0.05) is 17.1 Å². The molecule has 1 aromatic heterocycles. The minimum atomic E-state index is -0.524. The van der Waals surface area contributed by atoms with Crippen molar-refractivity contribution in [1.82, 2.24) is 14.7 Å². The first-order valence-corrected chi connectivity index (χ1v) is 8.31. The number of aliphatic imine (C=N–C) groups is 1. The average molecular weight is 342 g/mol. The van der Waals surface area contributed by atoms with E-state index in [0.29, 0.717) is 18.9 Å². The van der Waals surface area contributed by atoms with Crippen LogP contribution >= 0.6 is 0 Å². The highest BCUT2D eigenvalue weighted by atomic mass is 16.3. The molecule has 4 rings (SSSR count). The van der Waals surface area contributed by atoms with Gasteiger partial charge in [-0.3, -0.25) is 19.2 Å². The first-order chi connectivity index (χ1) is 12.1. The van der Waals surface area contributed by atoms with Crippen LogP contribution < -0.4 is 0 Å². The zero-order valence-electron chi connectivity index (χ0n) is 14.3. The third kappa shape index (κ3) is 2.36. The number of imide groups is 1. The normalized spacial score (nSPS) is 23.0. The number of carbonyl (C=O) groups is 2. The van der Waals surface area contributed by atoms with E-state index in [1.165, 1.54) is 9.80 Å². The topological polar surface area (TPSA) is 72.4 Å². The van der Waals surface area contributed by atoms with Crippen molar-refractivity contribution in [3.8, 4) is 0 Å². The number of guanidine groups is 1. The number of amidine groups is 1. The molecule has 8 nitrogen and oxygen atoms in total. The van der Waals surface area contributed by atoms with Gasteiger partial charge in [0.25, 0.3) is 5.91 Å². The largest absolute Gasteiger partial charge is 0.466 e. The number of rotatable bonds is 4. The molecule has 1 atom stereocenters. The van der Waals surface area contributed by atoms with E-state index in [9.17, 15) is 9.59 Å². The second-order valence-electron chi connectivity index (χ2n) is 6.23. The molecule has 1 unspecified atom stereocenters. The summed E-state index contributed by atoms with van der Waals surface area (Å²) >= 11 is 0. The maximum Gasteiger partial charge on any atom is 0.393 e. The zero-order chi connectivity index (χ0) is 17.6. The lowest BCUT2D eigenvalue weighted by Crippen LogP contribution is -2.63. The van der Waals surface area contributed by atoms with E-state index in [1.807, 2.05) is 30.0 Å². The highest BCUT2D eigenvalue weighted by Gasteiger charge is 2.57. The minimum absolute atomic E-state index is 0.213. The monoisotopic (exact) mass is 342 g/mol. The number of fused-ring (bicyclic) bond motifs is 3. The van der Waals surface area contributed by atoms with Crippen LogP contribution in [0.5, 0.6) is 0 Å². The lowest BCUT2D eigenvalue weighted by molar-refractivity contribution is -0.537. The van der Waals surface area contributed by atoms with Gasteiger partial charge in [0.2, 0.25) is 11.9 Å². The SMILES string of the molecule is C/C=C/CN1C(=O)C2C(=NC3=[N+](Cc4ccco4)CCN32)N(C)C1=O. The molecule has 3 aliphatic rings. The summed E-state index contributed by atoms with van der Waals surface area (Å²) in [5.74, 6) is 1.87. The van der Waals surface area contributed by atoms with Gasteiger partial charge in [0.05, 0.1) is 19.4 Å². The van der Waals surface area contributed by atoms with Gasteiger partial charge in [-0.15, -0.1) is 0 Å². The van der Waals surface area contributed by atoms with Gasteiger partial charge in [0.15, 0.2) is 0 Å². The summed E-state index contributed by atoms with van der Waals surface area (Å²) in [5, 5.41) is 0. The fourth-order valence-corrected chi connectivity index (χ4v) is 3.44. The zero-order valence-corrected chi connectivity index (χ0v) is 14.3. The smallest absolute Gasteiger partial charge is 0.393 e. The number of urea groups is 1. The quantitative estimate of drug-likeness (QED) is 0.597. The fourth-order valence-electron chi connectivity index (χ4n) is 3.44. The van der Waals surface area contributed by atoms with E-state index >= 15 is 0 Å². The average Bonchev–Trinajstić information content (AvgIpc) is 3.31. The highest BCUT2D eigenvalue weighted by Crippen LogP contribution is 2.26. The molecule has 8 heteroatoms. The number of allylic oxidation sites excluding steroid dienone is 1. The molecule has 1 fully saturated rings. The Labute approximate surface area is 145 Å². The Morgan fingerprint density at radius 1 is 1.44 bits per heavy atom. The second kappa shape index (κ2) is 5.87. The summed E-state index contributed by atoms with van der Waals surface area (Å²) in [6, 6.07) is 2.91. The molecular weight excluding hydrogens is 322 g/mol. The van der Waals surface area contributed by atoms with Crippen LogP contribution in [-0.4, -0.2) is 75.7 Å². The van der Waals surface area contributed by atoms with Crippen molar-refractivity contribution in [3.05, 3.63) is 36.3 Å². The van der Waals surface area contributed by atoms with Gasteiger partial charge in [-0.05, 0) is 19.1 Å². The van der Waals surface area contributed by atoms with Crippen molar-refractivity contribution >= 4 is 23.7 Å². The summed E-state index contributed by atoms with van der Waals surface area (Å²) < 4.78 is 7.49. The summed E-state index contributed by atoms with van der Waals surface area (Å²) in [6.07, 6.45) is 5.28. The van der Waals surface area contributed by atoms with E-state index in [0.717, 1.165) is 18.3 Å². The van der Waals surface area contributed by atoms with Gasteiger partial charge in [-0.25, -0.2) is 9.69 Å². The Morgan fingerprint density at radius 2 is 2.28 bits per heavy atom.